The van der Waals surface area contributed by atoms with Gasteiger partial charge < -0.3 is 0 Å². The molecule has 0 radical (unpaired) electrons. The van der Waals surface area contributed by atoms with Crippen LogP contribution in [0.1, 0.15) is 0 Å². The van der Waals surface area contributed by atoms with E-state index in [2.05, 4.69) is 334 Å². The first-order valence-corrected chi connectivity index (χ1v) is 49.2. The molecular formula is C133H83N15. The van der Waals surface area contributed by atoms with Gasteiger partial charge in [0.25, 0.3) is 0 Å². The second-order valence-corrected chi connectivity index (χ2v) is 36.4. The maximum atomic E-state index is 5.22. The molecule has 0 saturated carbocycles. The number of fused-ring (bicyclic) bond motifs is 13. The molecule has 6 heterocycles. The fourth-order valence-electron chi connectivity index (χ4n) is 19.6. The number of rotatable bonds is 15. The maximum Gasteiger partial charge on any atom is 0.164 e. The zero-order chi connectivity index (χ0) is 98.2. The van der Waals surface area contributed by atoms with Crippen molar-refractivity contribution in [2.24, 2.45) is 0 Å². The Bertz CT molecular complexity index is 9870. The smallest absolute Gasteiger partial charge is 0.164 e. The predicted molar refractivity (Wildman–Crippen MR) is 603 cm³/mol. The van der Waals surface area contributed by atoms with Crippen molar-refractivity contribution in [1.29, 1.82) is 0 Å². The lowest BCUT2D eigenvalue weighted by Gasteiger charge is -2.13. The third-order valence-corrected chi connectivity index (χ3v) is 27.1. The first-order valence-electron chi connectivity index (χ1n) is 49.2. The molecule has 0 N–H and O–H groups in total. The molecule has 15 heteroatoms. The minimum atomic E-state index is 0.598. The minimum Gasteiger partial charge on any atom is -0.227 e. The van der Waals surface area contributed by atoms with Crippen LogP contribution in [0.15, 0.2) is 504 Å². The molecule has 0 aliphatic heterocycles. The van der Waals surface area contributed by atoms with Gasteiger partial charge in [0.15, 0.2) is 69.9 Å². The number of hydrogen-bond acceptors (Lipinski definition) is 15. The van der Waals surface area contributed by atoms with Crippen molar-refractivity contribution in [3.05, 3.63) is 504 Å². The van der Waals surface area contributed by atoms with Gasteiger partial charge in [0, 0.05) is 116 Å². The lowest BCUT2D eigenvalue weighted by Crippen LogP contribution is -2.01. The van der Waals surface area contributed by atoms with Crippen molar-refractivity contribution >= 4 is 108 Å². The number of benzene rings is 22. The Balaban J connectivity index is 0.000000112. The molecule has 0 saturated heterocycles. The molecule has 0 spiro atoms. The number of aromatic nitrogens is 15. The van der Waals surface area contributed by atoms with Crippen molar-refractivity contribution in [3.63, 3.8) is 0 Å². The monoisotopic (exact) mass is 1890 g/mol. The van der Waals surface area contributed by atoms with Crippen LogP contribution in [0.2, 0.25) is 0 Å². The lowest BCUT2D eigenvalue weighted by molar-refractivity contribution is 1.07. The second-order valence-electron chi connectivity index (χ2n) is 36.4. The standard InChI is InChI=1S/C47H29N5.2C43H27N5/c1-3-13-33(14-4-1)42-40-26-25-32-21-24-39(29-41(32)43(40)49-44(48-42)34-15-5-2-6-16-34)47-51-45(37-22-19-30-11-7-9-17-35(30)27-37)50-46(52-47)38-23-20-31-12-8-10-18-36(31)28-38;1-4-14-30(15-5-1)38-36-26-25-29-23-24-33(27-37(29)39(36)45-40(44-38)31-16-6-2-7-17-31)42-46-41(32-18-8-3-9-19-32)47-43(48-42)35-22-12-20-28-13-10-11-21-34(28)35;1-4-13-30(14-5-1)38-36-25-24-29-21-23-35(27-37(29)39(36)45-40(44-38)31-15-6-2-7-16-31)43-47-41(32-17-8-3-9-18-32)46-42(48-43)34-22-20-28-12-10-11-19-33(28)26-34/h1-29H;2*1-27H. The van der Waals surface area contributed by atoms with Crippen LogP contribution in [0.4, 0.5) is 0 Å². The van der Waals surface area contributed by atoms with Crippen LogP contribution < -0.4 is 0 Å². The highest BCUT2D eigenvalue weighted by Crippen LogP contribution is 2.43. The summed E-state index contributed by atoms with van der Waals surface area (Å²) in [7, 11) is 0. The normalized spacial score (nSPS) is 11.4. The molecule has 0 aliphatic carbocycles. The van der Waals surface area contributed by atoms with Crippen molar-refractivity contribution in [1.82, 2.24) is 74.8 Å². The van der Waals surface area contributed by atoms with Gasteiger partial charge in [-0.15, -0.1) is 0 Å². The highest BCUT2D eigenvalue weighted by atomic mass is 15.1. The van der Waals surface area contributed by atoms with E-state index in [0.717, 1.165) is 192 Å². The van der Waals surface area contributed by atoms with Crippen LogP contribution >= 0.6 is 0 Å². The topological polar surface area (TPSA) is 193 Å². The van der Waals surface area contributed by atoms with Crippen molar-refractivity contribution in [2.75, 3.05) is 0 Å². The maximum absolute atomic E-state index is 5.22. The fourth-order valence-corrected chi connectivity index (χ4v) is 19.6. The van der Waals surface area contributed by atoms with Crippen LogP contribution in [0.5, 0.6) is 0 Å². The summed E-state index contributed by atoms with van der Waals surface area (Å²) in [5.74, 6) is 7.62. The van der Waals surface area contributed by atoms with E-state index < -0.39 is 0 Å². The Morgan fingerprint density at radius 1 is 0.0946 bits per heavy atom. The molecule has 0 bridgehead atoms. The van der Waals surface area contributed by atoms with Gasteiger partial charge in [-0.2, -0.15) is 0 Å². The lowest BCUT2D eigenvalue weighted by atomic mass is 9.99. The van der Waals surface area contributed by atoms with Crippen LogP contribution in [0.3, 0.4) is 0 Å². The third-order valence-electron chi connectivity index (χ3n) is 27.1. The average molecular weight is 1890 g/mol. The van der Waals surface area contributed by atoms with E-state index in [0.29, 0.717) is 69.9 Å². The SMILES string of the molecule is c1ccc(-c2nc(-c3ccc4ccc5c(-c6ccccc6)nc(-c6ccccc6)nc5c4c3)nc(-c3cccc4ccccc34)n2)cc1.c1ccc(-c2nc(-c3ccc4ccccc4c3)nc(-c3ccc4ccc5c(-c6ccccc6)nc(-c6ccccc6)nc5c4c3)n2)cc1.c1ccc(-c2nc(-c3ccccc3)c3ccc4ccc(-c5nc(-c6ccc7ccccc7c6)nc(-c6ccc7ccccc7c6)n5)cc4c3n2)cc1. The summed E-state index contributed by atoms with van der Waals surface area (Å²) >= 11 is 0. The summed E-state index contributed by atoms with van der Waals surface area (Å²) in [6, 6.07) is 172. The highest BCUT2D eigenvalue weighted by molar-refractivity contribution is 6.14. The van der Waals surface area contributed by atoms with Crippen LogP contribution in [-0.4, -0.2) is 74.8 Å². The Kier molecular flexibility index (Phi) is 22.9. The highest BCUT2D eigenvalue weighted by Gasteiger charge is 2.25. The molecule has 6 aromatic heterocycles. The van der Waals surface area contributed by atoms with Crippen LogP contribution in [-0.2, 0) is 0 Å². The summed E-state index contributed by atoms with van der Waals surface area (Å²) in [5, 5.41) is 18.4. The summed E-state index contributed by atoms with van der Waals surface area (Å²) < 4.78 is 0. The van der Waals surface area contributed by atoms with E-state index in [1.807, 2.05) is 170 Å². The fraction of sp³-hybridized carbons (Fsp3) is 0. The molecular weight excluding hydrogens is 1810 g/mol. The molecule has 0 unspecified atom stereocenters. The molecule has 0 fully saturated rings. The van der Waals surface area contributed by atoms with Gasteiger partial charge >= 0.3 is 0 Å². The van der Waals surface area contributed by atoms with Crippen molar-refractivity contribution < 1.29 is 0 Å². The average Bonchev–Trinajstić information content (AvgIpc) is 0.754. The van der Waals surface area contributed by atoms with Gasteiger partial charge in [0.05, 0.1) is 33.6 Å². The van der Waals surface area contributed by atoms with Gasteiger partial charge in [0.1, 0.15) is 0 Å². The Hall–Kier alpha value is -20.3. The zero-order valence-corrected chi connectivity index (χ0v) is 79.6. The van der Waals surface area contributed by atoms with Crippen LogP contribution in [0.25, 0.3) is 279 Å². The summed E-state index contributed by atoms with van der Waals surface area (Å²) in [6.45, 7) is 0. The van der Waals surface area contributed by atoms with Gasteiger partial charge in [-0.05, 0) is 114 Å². The Labute approximate surface area is 851 Å². The zero-order valence-electron chi connectivity index (χ0n) is 79.6. The van der Waals surface area contributed by atoms with Crippen molar-refractivity contribution in [2.45, 2.75) is 0 Å². The molecule has 0 atom stereocenters. The molecule has 0 aliphatic rings. The first kappa shape index (κ1) is 87.9. The number of nitrogens with zero attached hydrogens (tertiary/aromatic N) is 15. The second kappa shape index (κ2) is 38.6. The van der Waals surface area contributed by atoms with E-state index in [1.165, 1.54) is 16.2 Å². The molecule has 0 amide bonds. The minimum absolute atomic E-state index is 0.598. The first-order chi connectivity index (χ1) is 73.3. The molecule has 15 nitrogen and oxygen atoms in total. The summed E-state index contributed by atoms with van der Waals surface area (Å²) in [6.07, 6.45) is 0. The van der Waals surface area contributed by atoms with Gasteiger partial charge in [-0.3, -0.25) is 0 Å². The van der Waals surface area contributed by atoms with E-state index >= 15 is 0 Å². The van der Waals surface area contributed by atoms with Gasteiger partial charge in [-0.25, -0.2) is 74.8 Å². The van der Waals surface area contributed by atoms with Crippen LogP contribution in [0, 0.1) is 0 Å². The predicted octanol–water partition coefficient (Wildman–Crippen LogP) is 32.5. The molecule has 148 heavy (non-hydrogen) atoms. The molecule has 28 rings (SSSR count). The number of hydrogen-bond donors (Lipinski definition) is 0. The quantitative estimate of drug-likeness (QED) is 0.0879. The molecule has 690 valence electrons. The third kappa shape index (κ3) is 17.5. The van der Waals surface area contributed by atoms with Crippen molar-refractivity contribution in [3.8, 4) is 170 Å². The summed E-state index contributed by atoms with van der Waals surface area (Å²) in [4.78, 5) is 76.5. The molecule has 28 aromatic rings. The Morgan fingerprint density at radius 3 is 0.574 bits per heavy atom. The van der Waals surface area contributed by atoms with Gasteiger partial charge in [0.2, 0.25) is 0 Å². The summed E-state index contributed by atoms with van der Waals surface area (Å²) in [5.41, 5.74) is 19.7. The van der Waals surface area contributed by atoms with E-state index in [4.69, 9.17) is 74.8 Å². The van der Waals surface area contributed by atoms with E-state index in [1.54, 1.807) is 0 Å². The largest absolute Gasteiger partial charge is 0.227 e. The molecule has 22 aromatic carbocycles. The van der Waals surface area contributed by atoms with E-state index in [9.17, 15) is 0 Å². The van der Waals surface area contributed by atoms with E-state index in [-0.39, 0.29) is 0 Å². The Morgan fingerprint density at radius 2 is 0.291 bits per heavy atom. The van der Waals surface area contributed by atoms with Gasteiger partial charge in [-0.1, -0.05) is 449 Å².